The lowest BCUT2D eigenvalue weighted by atomic mass is 10.2. The molecule has 4 nitrogen and oxygen atoms in total. The minimum Gasteiger partial charge on any atom is -0.369 e. The zero-order valence-corrected chi connectivity index (χ0v) is 11.7. The maximum atomic E-state index is 11.3. The van der Waals surface area contributed by atoms with E-state index in [1.807, 2.05) is 34.4 Å². The normalized spacial score (nSPS) is 12.5. The van der Waals surface area contributed by atoms with Gasteiger partial charge < -0.3 is 10.3 Å². The molecule has 0 aliphatic heterocycles. The average Bonchev–Trinajstić information content (AvgIpc) is 2.21. The molecular formula is C9H14IN3OS. The number of anilines is 1. The Morgan fingerprint density at radius 2 is 2.47 bits per heavy atom. The van der Waals surface area contributed by atoms with Crippen molar-refractivity contribution in [2.75, 3.05) is 23.9 Å². The summed E-state index contributed by atoms with van der Waals surface area (Å²) in [7, 11) is 0. The number of nitrogens with zero attached hydrogens (tertiary/aromatic N) is 1. The summed E-state index contributed by atoms with van der Waals surface area (Å²) in [6.45, 7) is 3.01. The molecule has 84 valence electrons. The molecule has 0 aromatic carbocycles. The SMILES string of the molecule is CSCC(C)CNc1nc[nH]c(=O)c1I. The zero-order valence-electron chi connectivity index (χ0n) is 8.71. The molecule has 0 aliphatic carbocycles. The van der Waals surface area contributed by atoms with Crippen LogP contribution in [0, 0.1) is 9.49 Å². The predicted molar refractivity (Wildman–Crippen MR) is 73.6 cm³/mol. The summed E-state index contributed by atoms with van der Waals surface area (Å²) in [6.07, 6.45) is 3.51. The van der Waals surface area contributed by atoms with E-state index in [1.165, 1.54) is 6.33 Å². The van der Waals surface area contributed by atoms with Crippen LogP contribution in [0.2, 0.25) is 0 Å². The van der Waals surface area contributed by atoms with Crippen LogP contribution in [0.3, 0.4) is 0 Å². The van der Waals surface area contributed by atoms with Crippen molar-refractivity contribution >= 4 is 40.2 Å². The first-order valence-electron chi connectivity index (χ1n) is 4.61. The summed E-state index contributed by atoms with van der Waals surface area (Å²) in [5.74, 6) is 2.34. The molecule has 0 fully saturated rings. The molecule has 15 heavy (non-hydrogen) atoms. The fraction of sp³-hybridized carbons (Fsp3) is 0.556. The third-order valence-corrected chi connectivity index (χ3v) is 3.77. The second-order valence-electron chi connectivity index (χ2n) is 3.34. The van der Waals surface area contributed by atoms with Gasteiger partial charge in [-0.25, -0.2) is 4.98 Å². The molecule has 1 unspecified atom stereocenters. The molecule has 1 heterocycles. The second-order valence-corrected chi connectivity index (χ2v) is 5.33. The minimum atomic E-state index is -0.0920. The standard InChI is InChI=1S/C9H14IN3OS/c1-6(4-15-2)3-11-8-7(10)9(14)13-5-12-8/h5-6H,3-4H2,1-2H3,(H2,11,12,13,14). The maximum absolute atomic E-state index is 11.3. The van der Waals surface area contributed by atoms with Gasteiger partial charge in [-0.1, -0.05) is 6.92 Å². The Labute approximate surface area is 107 Å². The molecule has 2 N–H and O–H groups in total. The van der Waals surface area contributed by atoms with E-state index < -0.39 is 0 Å². The lowest BCUT2D eigenvalue weighted by molar-refractivity contribution is 0.698. The molecule has 6 heteroatoms. The van der Waals surface area contributed by atoms with Crippen molar-refractivity contribution in [3.63, 3.8) is 0 Å². The third kappa shape index (κ3) is 4.02. The lowest BCUT2D eigenvalue weighted by Gasteiger charge is -2.11. The van der Waals surface area contributed by atoms with Gasteiger partial charge >= 0.3 is 0 Å². The van der Waals surface area contributed by atoms with Crippen LogP contribution < -0.4 is 10.9 Å². The Hall–Kier alpha value is -0.240. The molecule has 0 radical (unpaired) electrons. The van der Waals surface area contributed by atoms with Crippen LogP contribution in [-0.2, 0) is 0 Å². The van der Waals surface area contributed by atoms with Crippen LogP contribution in [0.15, 0.2) is 11.1 Å². The Bertz CT molecular complexity index is 369. The molecule has 0 amide bonds. The van der Waals surface area contributed by atoms with Crippen LogP contribution in [-0.4, -0.2) is 28.5 Å². The van der Waals surface area contributed by atoms with Crippen molar-refractivity contribution < 1.29 is 0 Å². The number of H-pyrrole nitrogens is 1. The van der Waals surface area contributed by atoms with Crippen LogP contribution in [0.1, 0.15) is 6.92 Å². The van der Waals surface area contributed by atoms with E-state index >= 15 is 0 Å². The number of thioether (sulfide) groups is 1. The number of rotatable bonds is 5. The molecule has 1 aromatic rings. The van der Waals surface area contributed by atoms with Crippen molar-refractivity contribution in [3.05, 3.63) is 20.3 Å². The van der Waals surface area contributed by atoms with Gasteiger partial charge in [0.15, 0.2) is 0 Å². The van der Waals surface area contributed by atoms with E-state index in [2.05, 4.69) is 28.5 Å². The first-order chi connectivity index (χ1) is 7.15. The first-order valence-corrected chi connectivity index (χ1v) is 7.08. The average molecular weight is 339 g/mol. The van der Waals surface area contributed by atoms with Gasteiger partial charge in [-0.2, -0.15) is 11.8 Å². The number of hydrogen-bond acceptors (Lipinski definition) is 4. The van der Waals surface area contributed by atoms with Crippen molar-refractivity contribution in [2.45, 2.75) is 6.92 Å². The highest BCUT2D eigenvalue weighted by molar-refractivity contribution is 14.1. The molecule has 0 saturated heterocycles. The van der Waals surface area contributed by atoms with Crippen LogP contribution in [0.5, 0.6) is 0 Å². The fourth-order valence-electron chi connectivity index (χ4n) is 1.12. The Morgan fingerprint density at radius 3 is 3.13 bits per heavy atom. The van der Waals surface area contributed by atoms with Crippen molar-refractivity contribution in [1.29, 1.82) is 0 Å². The summed E-state index contributed by atoms with van der Waals surface area (Å²) in [5.41, 5.74) is -0.0920. The fourth-order valence-corrected chi connectivity index (χ4v) is 2.29. The van der Waals surface area contributed by atoms with Gasteiger partial charge in [-0.05, 0) is 40.5 Å². The van der Waals surface area contributed by atoms with Gasteiger partial charge in [0.25, 0.3) is 5.56 Å². The summed E-state index contributed by atoms with van der Waals surface area (Å²) < 4.78 is 0.617. The Balaban J connectivity index is 2.58. The summed E-state index contributed by atoms with van der Waals surface area (Å²) in [6, 6.07) is 0. The molecule has 0 aliphatic rings. The highest BCUT2D eigenvalue weighted by Gasteiger charge is 2.06. The van der Waals surface area contributed by atoms with E-state index in [0.29, 0.717) is 15.3 Å². The summed E-state index contributed by atoms with van der Waals surface area (Å²) in [5, 5.41) is 3.19. The number of halogens is 1. The monoisotopic (exact) mass is 339 g/mol. The molecule has 1 rings (SSSR count). The van der Waals surface area contributed by atoms with E-state index in [0.717, 1.165) is 12.3 Å². The quantitative estimate of drug-likeness (QED) is 0.803. The minimum absolute atomic E-state index is 0.0920. The smallest absolute Gasteiger partial charge is 0.266 e. The largest absolute Gasteiger partial charge is 0.369 e. The van der Waals surface area contributed by atoms with Gasteiger partial charge in [-0.3, -0.25) is 4.79 Å². The van der Waals surface area contributed by atoms with E-state index in [9.17, 15) is 4.79 Å². The lowest BCUT2D eigenvalue weighted by Crippen LogP contribution is -2.19. The number of aromatic nitrogens is 2. The van der Waals surface area contributed by atoms with E-state index in [-0.39, 0.29) is 5.56 Å². The van der Waals surface area contributed by atoms with Crippen molar-refractivity contribution in [1.82, 2.24) is 9.97 Å². The van der Waals surface area contributed by atoms with Gasteiger partial charge in [0, 0.05) is 6.54 Å². The zero-order chi connectivity index (χ0) is 11.3. The van der Waals surface area contributed by atoms with Crippen LogP contribution >= 0.6 is 34.4 Å². The van der Waals surface area contributed by atoms with Crippen LogP contribution in [0.25, 0.3) is 0 Å². The Morgan fingerprint density at radius 1 is 1.73 bits per heavy atom. The summed E-state index contributed by atoms with van der Waals surface area (Å²) in [4.78, 5) is 17.9. The molecule has 0 spiro atoms. The molecule has 0 saturated carbocycles. The maximum Gasteiger partial charge on any atom is 0.266 e. The van der Waals surface area contributed by atoms with Crippen molar-refractivity contribution in [3.8, 4) is 0 Å². The number of aromatic amines is 1. The van der Waals surface area contributed by atoms with Crippen molar-refractivity contribution in [2.24, 2.45) is 5.92 Å². The van der Waals surface area contributed by atoms with Gasteiger partial charge in [0.05, 0.1) is 6.33 Å². The molecule has 1 atom stereocenters. The highest BCUT2D eigenvalue weighted by atomic mass is 127. The number of hydrogen-bond donors (Lipinski definition) is 2. The highest BCUT2D eigenvalue weighted by Crippen LogP contribution is 2.10. The summed E-state index contributed by atoms with van der Waals surface area (Å²) >= 11 is 3.82. The Kier molecular flexibility index (Phi) is 5.44. The third-order valence-electron chi connectivity index (χ3n) is 1.87. The van der Waals surface area contributed by atoms with Gasteiger partial charge in [-0.15, -0.1) is 0 Å². The van der Waals surface area contributed by atoms with Crippen LogP contribution in [0.4, 0.5) is 5.82 Å². The second kappa shape index (κ2) is 6.37. The topological polar surface area (TPSA) is 57.8 Å². The number of nitrogens with one attached hydrogen (secondary N) is 2. The van der Waals surface area contributed by atoms with Gasteiger partial charge in [0.2, 0.25) is 0 Å². The first kappa shape index (κ1) is 12.8. The molecular weight excluding hydrogens is 325 g/mol. The van der Waals surface area contributed by atoms with E-state index in [4.69, 9.17) is 0 Å². The predicted octanol–water partition coefficient (Wildman–Crippen LogP) is 1.79. The van der Waals surface area contributed by atoms with Gasteiger partial charge in [0.1, 0.15) is 9.39 Å². The van der Waals surface area contributed by atoms with E-state index in [1.54, 1.807) is 0 Å². The molecule has 1 aromatic heterocycles. The molecule has 0 bridgehead atoms.